The van der Waals surface area contributed by atoms with E-state index in [0.717, 1.165) is 0 Å². The molecule has 2 nitrogen and oxygen atoms in total. The molecular weight excluding hydrogens is 226 g/mol. The van der Waals surface area contributed by atoms with Gasteiger partial charge in [0.1, 0.15) is 0 Å². The van der Waals surface area contributed by atoms with Crippen molar-refractivity contribution in [2.75, 3.05) is 13.1 Å². The summed E-state index contributed by atoms with van der Waals surface area (Å²) in [5, 5.41) is 3.81. The molecule has 0 aromatic rings. The molecule has 2 aliphatic rings. The first kappa shape index (κ1) is 13.6. The van der Waals surface area contributed by atoms with Crippen molar-refractivity contribution in [2.24, 2.45) is 5.41 Å². The predicted molar refractivity (Wildman–Crippen MR) is 75.8 cm³/mol. The van der Waals surface area contributed by atoms with Crippen LogP contribution in [0.25, 0.3) is 0 Å². The standard InChI is InChI=1S/C14H29NOSi/c1-13(2,3)17(4,5)16-12-10-14(11-12)6-8-15-9-7-14/h12,15H,6-11H2,1-5H3. The van der Waals surface area contributed by atoms with Crippen molar-refractivity contribution in [1.82, 2.24) is 5.32 Å². The van der Waals surface area contributed by atoms with Gasteiger partial charge in [0.05, 0.1) is 0 Å². The van der Waals surface area contributed by atoms with Gasteiger partial charge in [-0.25, -0.2) is 0 Å². The number of piperidine rings is 1. The van der Waals surface area contributed by atoms with Crippen LogP contribution in [0.15, 0.2) is 0 Å². The minimum absolute atomic E-state index is 0.351. The Kier molecular flexibility index (Phi) is 3.48. The third-order valence-corrected chi connectivity index (χ3v) is 9.79. The summed E-state index contributed by atoms with van der Waals surface area (Å²) in [5.74, 6) is 0. The van der Waals surface area contributed by atoms with Crippen molar-refractivity contribution in [1.29, 1.82) is 0 Å². The Labute approximate surface area is 108 Å². The maximum atomic E-state index is 6.48. The van der Waals surface area contributed by atoms with Gasteiger partial charge >= 0.3 is 0 Å². The summed E-state index contributed by atoms with van der Waals surface area (Å²) < 4.78 is 6.48. The van der Waals surface area contributed by atoms with Crippen LogP contribution in [0.2, 0.25) is 18.1 Å². The molecule has 0 aromatic heterocycles. The Hall–Kier alpha value is 0.137. The summed E-state index contributed by atoms with van der Waals surface area (Å²) in [6.07, 6.45) is 5.94. The zero-order valence-electron chi connectivity index (χ0n) is 12.2. The molecule has 1 heterocycles. The molecule has 3 heteroatoms. The monoisotopic (exact) mass is 255 g/mol. The summed E-state index contributed by atoms with van der Waals surface area (Å²) in [6.45, 7) is 14.2. The van der Waals surface area contributed by atoms with Crippen LogP contribution in [0.4, 0.5) is 0 Å². The molecule has 0 aromatic carbocycles. The second-order valence-electron chi connectivity index (χ2n) is 7.66. The van der Waals surface area contributed by atoms with E-state index in [0.29, 0.717) is 16.6 Å². The normalized spacial score (nSPS) is 25.9. The fraction of sp³-hybridized carbons (Fsp3) is 1.00. The van der Waals surface area contributed by atoms with Crippen LogP contribution in [-0.4, -0.2) is 27.5 Å². The molecule has 1 saturated heterocycles. The van der Waals surface area contributed by atoms with Crippen LogP contribution in [0.5, 0.6) is 0 Å². The minimum Gasteiger partial charge on any atom is -0.414 e. The third-order valence-electron chi connectivity index (χ3n) is 5.25. The molecule has 1 spiro atoms. The summed E-state index contributed by atoms with van der Waals surface area (Å²) in [4.78, 5) is 0. The highest BCUT2D eigenvalue weighted by Crippen LogP contribution is 2.51. The zero-order valence-corrected chi connectivity index (χ0v) is 13.2. The predicted octanol–water partition coefficient (Wildman–Crippen LogP) is 3.54. The van der Waals surface area contributed by atoms with Crippen LogP contribution < -0.4 is 5.32 Å². The van der Waals surface area contributed by atoms with Crippen molar-refractivity contribution in [3.63, 3.8) is 0 Å². The Morgan fingerprint density at radius 1 is 1.12 bits per heavy atom. The van der Waals surface area contributed by atoms with Crippen molar-refractivity contribution in [3.05, 3.63) is 0 Å². The molecule has 2 rings (SSSR count). The fourth-order valence-corrected chi connectivity index (χ4v) is 4.30. The van der Waals surface area contributed by atoms with Crippen molar-refractivity contribution < 1.29 is 4.43 Å². The largest absolute Gasteiger partial charge is 0.414 e. The zero-order chi connectivity index (χ0) is 12.7. The molecule has 0 amide bonds. The van der Waals surface area contributed by atoms with E-state index >= 15 is 0 Å². The maximum Gasteiger partial charge on any atom is 0.192 e. The molecule has 1 aliphatic carbocycles. The van der Waals surface area contributed by atoms with Gasteiger partial charge < -0.3 is 9.74 Å². The van der Waals surface area contributed by atoms with Gasteiger partial charge in [0, 0.05) is 6.10 Å². The van der Waals surface area contributed by atoms with E-state index in [-0.39, 0.29) is 0 Å². The Morgan fingerprint density at radius 3 is 2.12 bits per heavy atom. The Morgan fingerprint density at radius 2 is 1.65 bits per heavy atom. The van der Waals surface area contributed by atoms with Gasteiger partial charge in [-0.2, -0.15) is 0 Å². The number of nitrogens with one attached hydrogen (secondary N) is 1. The average Bonchev–Trinajstić information content (AvgIpc) is 2.14. The summed E-state index contributed by atoms with van der Waals surface area (Å²) in [6, 6.07) is 0. The van der Waals surface area contributed by atoms with Crippen LogP contribution in [0.3, 0.4) is 0 Å². The van der Waals surface area contributed by atoms with Gasteiger partial charge in [-0.05, 0) is 62.3 Å². The van der Waals surface area contributed by atoms with E-state index in [9.17, 15) is 0 Å². The first-order chi connectivity index (χ1) is 7.74. The fourth-order valence-electron chi connectivity index (χ4n) is 2.95. The van der Waals surface area contributed by atoms with Crippen LogP contribution in [-0.2, 0) is 4.43 Å². The van der Waals surface area contributed by atoms with E-state index < -0.39 is 8.32 Å². The lowest BCUT2D eigenvalue weighted by Crippen LogP contribution is -2.53. The van der Waals surface area contributed by atoms with Crippen LogP contribution in [0.1, 0.15) is 46.5 Å². The van der Waals surface area contributed by atoms with Gasteiger partial charge in [-0.1, -0.05) is 20.8 Å². The summed E-state index contributed by atoms with van der Waals surface area (Å²) in [5.41, 5.74) is 0.651. The van der Waals surface area contributed by atoms with E-state index in [2.05, 4.69) is 39.2 Å². The highest BCUT2D eigenvalue weighted by Gasteiger charge is 2.48. The van der Waals surface area contributed by atoms with Crippen LogP contribution in [0, 0.1) is 5.41 Å². The van der Waals surface area contributed by atoms with Gasteiger partial charge in [0.2, 0.25) is 0 Å². The molecule has 0 atom stereocenters. The van der Waals surface area contributed by atoms with E-state index in [4.69, 9.17) is 4.43 Å². The Balaban J connectivity index is 1.84. The molecule has 0 radical (unpaired) electrons. The van der Waals surface area contributed by atoms with Crippen molar-refractivity contribution in [3.8, 4) is 0 Å². The second kappa shape index (κ2) is 4.36. The summed E-state index contributed by atoms with van der Waals surface area (Å²) in [7, 11) is -1.53. The lowest BCUT2D eigenvalue weighted by molar-refractivity contribution is -0.0418. The second-order valence-corrected chi connectivity index (χ2v) is 12.4. The van der Waals surface area contributed by atoms with Gasteiger partial charge in [0.25, 0.3) is 0 Å². The smallest absolute Gasteiger partial charge is 0.192 e. The molecule has 100 valence electrons. The van der Waals surface area contributed by atoms with Crippen LogP contribution >= 0.6 is 0 Å². The molecule has 1 saturated carbocycles. The highest BCUT2D eigenvalue weighted by atomic mass is 28.4. The minimum atomic E-state index is -1.53. The molecule has 0 bridgehead atoms. The van der Waals surface area contributed by atoms with Gasteiger partial charge in [-0.15, -0.1) is 0 Å². The quantitative estimate of drug-likeness (QED) is 0.762. The topological polar surface area (TPSA) is 21.3 Å². The first-order valence-electron chi connectivity index (χ1n) is 7.13. The SMILES string of the molecule is CC(C)(C)[Si](C)(C)OC1CC2(CCNCC2)C1. The molecule has 0 unspecified atom stereocenters. The van der Waals surface area contributed by atoms with Gasteiger partial charge in [0.15, 0.2) is 8.32 Å². The van der Waals surface area contributed by atoms with E-state index in [1.807, 2.05) is 0 Å². The number of hydrogen-bond acceptors (Lipinski definition) is 2. The third kappa shape index (κ3) is 2.77. The molecule has 1 N–H and O–H groups in total. The van der Waals surface area contributed by atoms with Gasteiger partial charge in [-0.3, -0.25) is 0 Å². The lowest BCUT2D eigenvalue weighted by Gasteiger charge is -2.53. The summed E-state index contributed by atoms with van der Waals surface area (Å²) >= 11 is 0. The molecule has 17 heavy (non-hydrogen) atoms. The molecule has 1 aliphatic heterocycles. The van der Waals surface area contributed by atoms with Crippen molar-refractivity contribution in [2.45, 2.75) is 70.7 Å². The highest BCUT2D eigenvalue weighted by molar-refractivity contribution is 6.74. The number of hydrogen-bond donors (Lipinski definition) is 1. The molecule has 2 fully saturated rings. The molecular formula is C14H29NOSi. The van der Waals surface area contributed by atoms with Crippen molar-refractivity contribution >= 4 is 8.32 Å². The number of rotatable bonds is 2. The first-order valence-corrected chi connectivity index (χ1v) is 10.0. The maximum absolute atomic E-state index is 6.48. The average molecular weight is 255 g/mol. The van der Waals surface area contributed by atoms with E-state index in [1.54, 1.807) is 0 Å². The Bertz CT molecular complexity index is 268. The lowest BCUT2D eigenvalue weighted by atomic mass is 9.62. The van der Waals surface area contributed by atoms with E-state index in [1.165, 1.54) is 38.8 Å².